The number of anilines is 1. The molecule has 2 heterocycles. The molecule has 1 saturated heterocycles. The number of nitrogens with two attached hydrogens (primary N) is 1. The zero-order chi connectivity index (χ0) is 23.4. The van der Waals surface area contributed by atoms with Gasteiger partial charge in [0.2, 0.25) is 0 Å². The van der Waals surface area contributed by atoms with E-state index in [4.69, 9.17) is 5.73 Å². The average molecular weight is 453 g/mol. The molecule has 1 aromatic heterocycles. The summed E-state index contributed by atoms with van der Waals surface area (Å²) in [5.41, 5.74) is 6.00. The molecular formula is C25H33FN6O. The Bertz CT molecular complexity index is 994. The highest BCUT2D eigenvalue weighted by molar-refractivity contribution is 5.97. The minimum absolute atomic E-state index is 0.00672. The summed E-state index contributed by atoms with van der Waals surface area (Å²) in [7, 11) is 1.64. The second-order valence-electron chi connectivity index (χ2n) is 9.49. The lowest BCUT2D eigenvalue weighted by atomic mass is 9.78. The van der Waals surface area contributed by atoms with Crippen LogP contribution in [0.5, 0.6) is 0 Å². The molecule has 2 unspecified atom stereocenters. The van der Waals surface area contributed by atoms with E-state index in [0.717, 1.165) is 19.4 Å². The SMILES string of the molecule is CNc1nn(C2(CC#N)CCN(CC3CCC(c4ccccc4)CC3)CC2F)cc1C(N)=O. The van der Waals surface area contributed by atoms with Gasteiger partial charge in [0.25, 0.3) is 5.91 Å². The Kier molecular flexibility index (Phi) is 6.99. The molecular weight excluding hydrogens is 419 g/mol. The second kappa shape index (κ2) is 9.92. The minimum Gasteiger partial charge on any atom is -0.371 e. The second-order valence-corrected chi connectivity index (χ2v) is 9.49. The molecule has 3 N–H and O–H groups in total. The Morgan fingerprint density at radius 2 is 2.03 bits per heavy atom. The fraction of sp³-hybridized carbons (Fsp3) is 0.560. The molecule has 1 aliphatic carbocycles. The lowest BCUT2D eigenvalue weighted by Crippen LogP contribution is -2.55. The molecule has 1 saturated carbocycles. The number of hydrogen-bond acceptors (Lipinski definition) is 5. The first-order valence-corrected chi connectivity index (χ1v) is 11.8. The molecule has 0 spiro atoms. The van der Waals surface area contributed by atoms with Crippen molar-refractivity contribution >= 4 is 11.7 Å². The molecule has 1 aliphatic heterocycles. The van der Waals surface area contributed by atoms with Crippen LogP contribution in [0.2, 0.25) is 0 Å². The van der Waals surface area contributed by atoms with Crippen molar-refractivity contribution < 1.29 is 9.18 Å². The molecule has 7 nitrogen and oxygen atoms in total. The third-order valence-corrected chi connectivity index (χ3v) is 7.55. The van der Waals surface area contributed by atoms with E-state index in [2.05, 4.69) is 51.7 Å². The number of benzene rings is 1. The fourth-order valence-electron chi connectivity index (χ4n) is 5.57. The highest BCUT2D eigenvalue weighted by Crippen LogP contribution is 2.39. The van der Waals surface area contributed by atoms with Crippen molar-refractivity contribution in [2.75, 3.05) is 32.0 Å². The third-order valence-electron chi connectivity index (χ3n) is 7.55. The zero-order valence-corrected chi connectivity index (χ0v) is 19.2. The highest BCUT2D eigenvalue weighted by atomic mass is 19.1. The van der Waals surface area contributed by atoms with Gasteiger partial charge in [-0.25, -0.2) is 4.39 Å². The van der Waals surface area contributed by atoms with Gasteiger partial charge in [0.05, 0.1) is 12.5 Å². The van der Waals surface area contributed by atoms with Crippen molar-refractivity contribution in [1.29, 1.82) is 5.26 Å². The Labute approximate surface area is 194 Å². The molecule has 2 aliphatic rings. The summed E-state index contributed by atoms with van der Waals surface area (Å²) in [6.07, 6.45) is 5.34. The van der Waals surface area contributed by atoms with Gasteiger partial charge in [-0.05, 0) is 49.5 Å². The van der Waals surface area contributed by atoms with Gasteiger partial charge < -0.3 is 11.1 Å². The van der Waals surface area contributed by atoms with E-state index < -0.39 is 17.6 Å². The molecule has 2 atom stereocenters. The standard InChI is InChI=1S/C25H33FN6O/c1-29-24-21(23(28)33)16-32(30-24)25(11-13-27)12-14-31(17-22(25)26)15-18-7-9-20(10-8-18)19-5-3-2-4-6-19/h2-6,16,18,20,22H,7-12,14-15,17H2,1H3,(H2,28,33)(H,29,30). The molecule has 176 valence electrons. The van der Waals surface area contributed by atoms with Crippen LogP contribution in [0.3, 0.4) is 0 Å². The first kappa shape index (κ1) is 23.2. The van der Waals surface area contributed by atoms with Gasteiger partial charge in [0, 0.05) is 32.9 Å². The summed E-state index contributed by atoms with van der Waals surface area (Å²) >= 11 is 0. The Balaban J connectivity index is 1.40. The van der Waals surface area contributed by atoms with E-state index in [1.165, 1.54) is 29.3 Å². The summed E-state index contributed by atoms with van der Waals surface area (Å²) in [4.78, 5) is 14.0. The number of primary amides is 1. The van der Waals surface area contributed by atoms with Crippen LogP contribution in [0.15, 0.2) is 36.5 Å². The molecule has 8 heteroatoms. The number of carbonyl (C=O) groups excluding carboxylic acids is 1. The van der Waals surface area contributed by atoms with Crippen LogP contribution in [-0.2, 0) is 5.54 Å². The number of hydrogen-bond donors (Lipinski definition) is 2. The fourth-order valence-corrected chi connectivity index (χ4v) is 5.57. The van der Waals surface area contributed by atoms with Crippen LogP contribution in [0, 0.1) is 17.2 Å². The van der Waals surface area contributed by atoms with Gasteiger partial charge in [-0.2, -0.15) is 10.4 Å². The number of alkyl halides is 1. The molecule has 1 amide bonds. The molecule has 2 aromatic rings. The maximum atomic E-state index is 15.7. The van der Waals surface area contributed by atoms with Crippen molar-refractivity contribution in [3.05, 3.63) is 47.7 Å². The van der Waals surface area contributed by atoms with Gasteiger partial charge in [-0.15, -0.1) is 0 Å². The molecule has 4 rings (SSSR count). The predicted molar refractivity (Wildman–Crippen MR) is 126 cm³/mol. The number of piperidine rings is 1. The van der Waals surface area contributed by atoms with E-state index in [1.54, 1.807) is 7.05 Å². The summed E-state index contributed by atoms with van der Waals surface area (Å²) < 4.78 is 17.2. The van der Waals surface area contributed by atoms with Crippen LogP contribution >= 0.6 is 0 Å². The van der Waals surface area contributed by atoms with Crippen LogP contribution < -0.4 is 11.1 Å². The quantitative estimate of drug-likeness (QED) is 0.668. The number of amides is 1. The van der Waals surface area contributed by atoms with E-state index in [1.807, 2.05) is 0 Å². The molecule has 1 aromatic carbocycles. The maximum Gasteiger partial charge on any atom is 0.254 e. The molecule has 33 heavy (non-hydrogen) atoms. The third kappa shape index (κ3) is 4.74. The van der Waals surface area contributed by atoms with Crippen molar-refractivity contribution in [3.63, 3.8) is 0 Å². The normalized spacial score (nSPS) is 28.2. The minimum atomic E-state index is -1.27. The van der Waals surface area contributed by atoms with E-state index >= 15 is 4.39 Å². The van der Waals surface area contributed by atoms with Gasteiger partial charge in [-0.1, -0.05) is 30.3 Å². The molecule has 2 fully saturated rings. The van der Waals surface area contributed by atoms with E-state index in [-0.39, 0.29) is 18.5 Å². The Morgan fingerprint density at radius 1 is 1.30 bits per heavy atom. The van der Waals surface area contributed by atoms with Crippen LogP contribution in [0.1, 0.15) is 60.4 Å². The average Bonchev–Trinajstić information content (AvgIpc) is 3.28. The number of aromatic nitrogens is 2. The summed E-state index contributed by atoms with van der Waals surface area (Å²) in [6, 6.07) is 12.9. The topological polar surface area (TPSA) is 100.0 Å². The van der Waals surface area contributed by atoms with Gasteiger partial charge >= 0.3 is 0 Å². The number of carbonyl (C=O) groups is 1. The van der Waals surface area contributed by atoms with Gasteiger partial charge in [-0.3, -0.25) is 14.4 Å². The Hall–Kier alpha value is -2.92. The van der Waals surface area contributed by atoms with Crippen molar-refractivity contribution in [1.82, 2.24) is 14.7 Å². The van der Waals surface area contributed by atoms with Crippen molar-refractivity contribution in [2.24, 2.45) is 11.7 Å². The van der Waals surface area contributed by atoms with Crippen LogP contribution in [0.4, 0.5) is 10.2 Å². The summed E-state index contributed by atoms with van der Waals surface area (Å²) in [5.74, 6) is 0.880. The van der Waals surface area contributed by atoms with Crippen molar-refractivity contribution in [2.45, 2.75) is 56.2 Å². The van der Waals surface area contributed by atoms with E-state index in [9.17, 15) is 10.1 Å². The van der Waals surface area contributed by atoms with Gasteiger partial charge in [0.15, 0.2) is 5.82 Å². The zero-order valence-electron chi connectivity index (χ0n) is 19.2. The lowest BCUT2D eigenvalue weighted by molar-refractivity contribution is 0.00219. The van der Waals surface area contributed by atoms with Crippen LogP contribution in [-0.4, -0.2) is 53.4 Å². The van der Waals surface area contributed by atoms with Gasteiger partial charge in [0.1, 0.15) is 17.3 Å². The number of likely N-dealkylation sites (tertiary alicyclic amines) is 1. The first-order chi connectivity index (χ1) is 16.0. The number of nitrogens with zero attached hydrogens (tertiary/aromatic N) is 4. The number of halogens is 1. The number of rotatable bonds is 7. The monoisotopic (exact) mass is 452 g/mol. The Morgan fingerprint density at radius 3 is 2.61 bits per heavy atom. The smallest absolute Gasteiger partial charge is 0.254 e. The molecule has 0 bridgehead atoms. The lowest BCUT2D eigenvalue weighted by Gasteiger charge is -2.44. The molecule has 0 radical (unpaired) electrons. The maximum absolute atomic E-state index is 15.7. The summed E-state index contributed by atoms with van der Waals surface area (Å²) in [5, 5.41) is 16.7. The van der Waals surface area contributed by atoms with E-state index in [0.29, 0.717) is 30.6 Å². The van der Waals surface area contributed by atoms with Crippen molar-refractivity contribution in [3.8, 4) is 6.07 Å². The largest absolute Gasteiger partial charge is 0.371 e. The van der Waals surface area contributed by atoms with Crippen LogP contribution in [0.25, 0.3) is 0 Å². The first-order valence-electron chi connectivity index (χ1n) is 11.8. The summed E-state index contributed by atoms with van der Waals surface area (Å²) in [6.45, 7) is 1.85. The number of nitrogens with one attached hydrogen (secondary N) is 1. The highest BCUT2D eigenvalue weighted by Gasteiger charge is 2.47. The predicted octanol–water partition coefficient (Wildman–Crippen LogP) is 3.65. The number of nitriles is 1.